The summed E-state index contributed by atoms with van der Waals surface area (Å²) in [6.07, 6.45) is 7.24. The summed E-state index contributed by atoms with van der Waals surface area (Å²) in [5.41, 5.74) is 3.19. The van der Waals surface area contributed by atoms with Gasteiger partial charge in [0.15, 0.2) is 0 Å². The average Bonchev–Trinajstić information content (AvgIpc) is 2.80. The molecule has 0 radical (unpaired) electrons. The van der Waals surface area contributed by atoms with Crippen molar-refractivity contribution in [3.05, 3.63) is 48.0 Å². The van der Waals surface area contributed by atoms with E-state index >= 15 is 0 Å². The normalized spacial score (nSPS) is 22.6. The number of fused-ring (bicyclic) bond motifs is 1. The van der Waals surface area contributed by atoms with Crippen LogP contribution in [0.4, 0.5) is 10.5 Å². The molecule has 1 saturated heterocycles. The molecule has 1 aliphatic heterocycles. The van der Waals surface area contributed by atoms with Crippen LogP contribution in [0.5, 0.6) is 0 Å². The SMILES string of the molecule is C[C@H]1COC2=CC(C(=O)NO)CC=C2CN1C(=O)Nc1ccncc1. The van der Waals surface area contributed by atoms with Crippen LogP contribution in [0.3, 0.4) is 0 Å². The quantitative estimate of drug-likeness (QED) is 0.559. The number of nitrogens with one attached hydrogen (secondary N) is 2. The van der Waals surface area contributed by atoms with Crippen LogP contribution in [0, 0.1) is 5.92 Å². The number of allylic oxidation sites excluding steroid dienone is 1. The molecular weight excluding hydrogens is 324 g/mol. The van der Waals surface area contributed by atoms with E-state index in [0.29, 0.717) is 31.0 Å². The zero-order chi connectivity index (χ0) is 17.8. The van der Waals surface area contributed by atoms with Gasteiger partial charge < -0.3 is 15.0 Å². The predicted molar refractivity (Wildman–Crippen MR) is 89.6 cm³/mol. The number of hydrogen-bond acceptors (Lipinski definition) is 5. The van der Waals surface area contributed by atoms with Gasteiger partial charge in [-0.1, -0.05) is 6.08 Å². The second kappa shape index (κ2) is 7.35. The molecule has 1 fully saturated rings. The van der Waals surface area contributed by atoms with Gasteiger partial charge in [0.1, 0.15) is 12.4 Å². The van der Waals surface area contributed by atoms with E-state index < -0.39 is 11.8 Å². The second-order valence-electron chi connectivity index (χ2n) is 6.03. The minimum absolute atomic E-state index is 0.139. The summed E-state index contributed by atoms with van der Waals surface area (Å²) < 4.78 is 5.77. The fourth-order valence-electron chi connectivity index (χ4n) is 2.82. The molecule has 0 bridgehead atoms. The van der Waals surface area contributed by atoms with Crippen molar-refractivity contribution in [3.63, 3.8) is 0 Å². The molecule has 0 aromatic carbocycles. The van der Waals surface area contributed by atoms with Gasteiger partial charge in [-0.05, 0) is 31.6 Å². The van der Waals surface area contributed by atoms with Gasteiger partial charge >= 0.3 is 6.03 Å². The van der Waals surface area contributed by atoms with E-state index in [0.717, 1.165) is 5.57 Å². The number of hydroxylamine groups is 1. The van der Waals surface area contributed by atoms with Crippen molar-refractivity contribution in [2.45, 2.75) is 19.4 Å². The van der Waals surface area contributed by atoms with Gasteiger partial charge in [-0.15, -0.1) is 0 Å². The number of aromatic nitrogens is 1. The van der Waals surface area contributed by atoms with Crippen LogP contribution in [-0.4, -0.2) is 46.2 Å². The summed E-state index contributed by atoms with van der Waals surface area (Å²) in [6.45, 7) is 2.61. The molecule has 132 valence electrons. The number of amides is 3. The molecule has 8 heteroatoms. The Morgan fingerprint density at radius 2 is 2.12 bits per heavy atom. The van der Waals surface area contributed by atoms with E-state index in [1.54, 1.807) is 41.0 Å². The average molecular weight is 344 g/mol. The number of pyridine rings is 1. The molecule has 2 aliphatic rings. The third-order valence-corrected chi connectivity index (χ3v) is 4.28. The van der Waals surface area contributed by atoms with E-state index in [-0.39, 0.29) is 12.1 Å². The monoisotopic (exact) mass is 344 g/mol. The number of hydrogen-bond donors (Lipinski definition) is 3. The van der Waals surface area contributed by atoms with Crippen LogP contribution < -0.4 is 10.8 Å². The van der Waals surface area contributed by atoms with Crippen LogP contribution in [0.1, 0.15) is 13.3 Å². The summed E-state index contributed by atoms with van der Waals surface area (Å²) in [6, 6.07) is 3.08. The lowest BCUT2D eigenvalue weighted by atomic mass is 9.94. The Kier molecular flexibility index (Phi) is 4.99. The molecular formula is C17H20N4O4. The Balaban J connectivity index is 1.74. The lowest BCUT2D eigenvalue weighted by Gasteiger charge is -2.26. The van der Waals surface area contributed by atoms with Crippen molar-refractivity contribution in [1.29, 1.82) is 0 Å². The highest BCUT2D eigenvalue weighted by Gasteiger charge is 2.30. The first kappa shape index (κ1) is 17.0. The highest BCUT2D eigenvalue weighted by Crippen LogP contribution is 2.28. The van der Waals surface area contributed by atoms with Gasteiger partial charge in [-0.3, -0.25) is 15.0 Å². The van der Waals surface area contributed by atoms with E-state index in [4.69, 9.17) is 9.94 Å². The largest absolute Gasteiger partial charge is 0.491 e. The first-order valence-electron chi connectivity index (χ1n) is 8.04. The molecule has 1 aliphatic carbocycles. The van der Waals surface area contributed by atoms with Crippen LogP contribution >= 0.6 is 0 Å². The Morgan fingerprint density at radius 1 is 1.36 bits per heavy atom. The topological polar surface area (TPSA) is 104 Å². The van der Waals surface area contributed by atoms with E-state index in [2.05, 4.69) is 10.3 Å². The number of carbonyl (C=O) groups is 2. The molecule has 1 aromatic rings. The maximum absolute atomic E-state index is 12.6. The van der Waals surface area contributed by atoms with Crippen molar-refractivity contribution in [2.24, 2.45) is 5.92 Å². The summed E-state index contributed by atoms with van der Waals surface area (Å²) in [7, 11) is 0. The highest BCUT2D eigenvalue weighted by molar-refractivity contribution is 5.89. The van der Waals surface area contributed by atoms with Gasteiger partial charge in [0.25, 0.3) is 5.91 Å². The summed E-state index contributed by atoms with van der Waals surface area (Å²) in [5, 5.41) is 11.6. The molecule has 2 heterocycles. The van der Waals surface area contributed by atoms with Gasteiger partial charge in [0.05, 0.1) is 18.5 Å². The Labute approximate surface area is 145 Å². The zero-order valence-electron chi connectivity index (χ0n) is 13.8. The highest BCUT2D eigenvalue weighted by atomic mass is 16.5. The molecule has 0 spiro atoms. The van der Waals surface area contributed by atoms with Crippen LogP contribution in [-0.2, 0) is 9.53 Å². The van der Waals surface area contributed by atoms with E-state index in [1.807, 2.05) is 13.0 Å². The molecule has 8 nitrogen and oxygen atoms in total. The second-order valence-corrected chi connectivity index (χ2v) is 6.03. The van der Waals surface area contributed by atoms with Crippen molar-refractivity contribution in [1.82, 2.24) is 15.4 Å². The number of rotatable bonds is 2. The Morgan fingerprint density at radius 3 is 2.84 bits per heavy atom. The third-order valence-electron chi connectivity index (χ3n) is 4.28. The summed E-state index contributed by atoms with van der Waals surface area (Å²) in [5.74, 6) is -0.363. The number of ether oxygens (including phenoxy) is 1. The molecule has 1 aromatic heterocycles. The fraction of sp³-hybridized carbons (Fsp3) is 0.353. The molecule has 1 unspecified atom stereocenters. The minimum atomic E-state index is -0.476. The molecule has 25 heavy (non-hydrogen) atoms. The lowest BCUT2D eigenvalue weighted by molar-refractivity contribution is -0.131. The molecule has 3 amide bonds. The summed E-state index contributed by atoms with van der Waals surface area (Å²) in [4.78, 5) is 29.8. The lowest BCUT2D eigenvalue weighted by Crippen LogP contribution is -2.43. The molecule has 2 atom stereocenters. The number of urea groups is 1. The smallest absolute Gasteiger partial charge is 0.322 e. The Hall–Kier alpha value is -2.87. The number of carbonyl (C=O) groups excluding carboxylic acids is 2. The van der Waals surface area contributed by atoms with Crippen LogP contribution in [0.15, 0.2) is 48.0 Å². The van der Waals surface area contributed by atoms with Gasteiger partial charge in [0.2, 0.25) is 0 Å². The van der Waals surface area contributed by atoms with Gasteiger partial charge in [-0.25, -0.2) is 10.3 Å². The first-order valence-corrected chi connectivity index (χ1v) is 8.04. The predicted octanol–water partition coefficient (Wildman–Crippen LogP) is 1.67. The number of nitrogens with zero attached hydrogens (tertiary/aromatic N) is 2. The zero-order valence-corrected chi connectivity index (χ0v) is 13.8. The van der Waals surface area contributed by atoms with Crippen molar-refractivity contribution < 1.29 is 19.5 Å². The van der Waals surface area contributed by atoms with E-state index in [1.165, 1.54) is 0 Å². The number of anilines is 1. The maximum Gasteiger partial charge on any atom is 0.322 e. The fourth-order valence-corrected chi connectivity index (χ4v) is 2.82. The third kappa shape index (κ3) is 3.80. The first-order chi connectivity index (χ1) is 12.1. The molecule has 3 rings (SSSR count). The van der Waals surface area contributed by atoms with Crippen molar-refractivity contribution in [3.8, 4) is 0 Å². The van der Waals surface area contributed by atoms with Crippen molar-refractivity contribution >= 4 is 17.6 Å². The van der Waals surface area contributed by atoms with Gasteiger partial charge in [0, 0.05) is 23.7 Å². The van der Waals surface area contributed by atoms with Crippen LogP contribution in [0.25, 0.3) is 0 Å². The van der Waals surface area contributed by atoms with Crippen molar-refractivity contribution in [2.75, 3.05) is 18.5 Å². The maximum atomic E-state index is 12.6. The standard InChI is InChI=1S/C17H20N4O4/c1-11-10-25-15-8-12(16(22)20-24)2-3-13(15)9-21(11)17(23)19-14-4-6-18-7-5-14/h3-8,11-12,24H,2,9-10H2,1H3,(H,20,22)(H,18,19,23)/t11-,12?/m0/s1. The van der Waals surface area contributed by atoms with Gasteiger partial charge in [-0.2, -0.15) is 0 Å². The summed E-state index contributed by atoms with van der Waals surface area (Å²) >= 11 is 0. The minimum Gasteiger partial charge on any atom is -0.491 e. The van der Waals surface area contributed by atoms with E-state index in [9.17, 15) is 9.59 Å². The molecule has 0 saturated carbocycles. The molecule has 3 N–H and O–H groups in total. The van der Waals surface area contributed by atoms with Crippen LogP contribution in [0.2, 0.25) is 0 Å². The Bertz CT molecular complexity index is 717.